The average molecular weight is 886 g/mol. The fourth-order valence-electron chi connectivity index (χ4n) is 6.63. The van der Waals surface area contributed by atoms with Crippen molar-refractivity contribution in [3.05, 3.63) is 135 Å². The molecule has 0 saturated carbocycles. The Morgan fingerprint density at radius 1 is 0.750 bits per heavy atom. The van der Waals surface area contributed by atoms with E-state index in [2.05, 4.69) is 30.6 Å². The van der Waals surface area contributed by atoms with E-state index in [0.717, 1.165) is 0 Å². The molecular weight excluding hydrogens is 848 g/mol. The zero-order valence-corrected chi connectivity index (χ0v) is 35.1. The third-order valence-electron chi connectivity index (χ3n) is 9.44. The van der Waals surface area contributed by atoms with E-state index in [1.807, 2.05) is 0 Å². The van der Waals surface area contributed by atoms with Gasteiger partial charge in [0, 0.05) is 64.0 Å². The van der Waals surface area contributed by atoms with Crippen molar-refractivity contribution in [2.24, 2.45) is 9.98 Å². The van der Waals surface area contributed by atoms with Gasteiger partial charge in [0.15, 0.2) is 30.7 Å². The Kier molecular flexibility index (Phi) is 13.4. The number of aromatic hydroxyl groups is 2. The van der Waals surface area contributed by atoms with E-state index in [9.17, 15) is 29.4 Å². The van der Waals surface area contributed by atoms with Crippen molar-refractivity contribution < 1.29 is 39.3 Å². The maximum absolute atomic E-state index is 12.9. The molecule has 5 heterocycles. The Hall–Kier alpha value is -5.91. The van der Waals surface area contributed by atoms with Crippen LogP contribution < -0.4 is 20.5 Å². The van der Waals surface area contributed by atoms with Crippen LogP contribution in [0, 0.1) is 0 Å². The molecule has 8 N–H and O–H groups in total. The summed E-state index contributed by atoms with van der Waals surface area (Å²) in [6, 6.07) is 17.3. The van der Waals surface area contributed by atoms with E-state index in [1.54, 1.807) is 130 Å². The first-order valence-corrected chi connectivity index (χ1v) is 21.9. The second-order valence-corrected chi connectivity index (χ2v) is 17.0. The van der Waals surface area contributed by atoms with Crippen LogP contribution in [0.15, 0.2) is 107 Å². The van der Waals surface area contributed by atoms with Crippen LogP contribution in [0.4, 0.5) is 0 Å². The number of aromatic nitrogens is 3. The van der Waals surface area contributed by atoms with E-state index in [0.29, 0.717) is 102 Å². The molecule has 0 atom stereocenters. The van der Waals surface area contributed by atoms with E-state index >= 15 is 0 Å². The molecule has 0 spiro atoms. The number of aromatic amines is 2. The largest absolute Gasteiger partial charge is 0.494 e. The lowest BCUT2D eigenvalue weighted by Gasteiger charge is -2.05. The molecular formula is C42H38Cl2N8O6S2+2. The predicted octanol–water partition coefficient (Wildman–Crippen LogP) is 4.95. The lowest BCUT2D eigenvalue weighted by atomic mass is 10.00. The number of hydrogen-bond donors (Lipinski definition) is 7. The molecule has 5 aromatic rings. The molecule has 0 bridgehead atoms. The zero-order valence-electron chi connectivity index (χ0n) is 31.9. The van der Waals surface area contributed by atoms with Crippen LogP contribution in [0.25, 0.3) is 22.5 Å². The number of hydrogen-bond acceptors (Lipinski definition) is 8. The Balaban J connectivity index is 0.775. The molecule has 2 aliphatic rings. The Morgan fingerprint density at radius 3 is 1.87 bits per heavy atom. The van der Waals surface area contributed by atoms with Crippen molar-refractivity contribution in [3.8, 4) is 34.3 Å². The fraction of sp³-hybridized carbons (Fsp3) is 0.167. The molecule has 2 aliphatic heterocycles. The minimum Gasteiger partial charge on any atom is -0.494 e. The molecule has 4 amide bonds. The van der Waals surface area contributed by atoms with E-state index in [1.165, 1.54) is 0 Å². The van der Waals surface area contributed by atoms with Crippen LogP contribution in [0.2, 0.25) is 10.0 Å². The molecule has 3 aromatic heterocycles. The van der Waals surface area contributed by atoms with Gasteiger partial charge in [0.1, 0.15) is 0 Å². The van der Waals surface area contributed by atoms with E-state index in [-0.39, 0.29) is 36.7 Å². The van der Waals surface area contributed by atoms with Gasteiger partial charge in [-0.2, -0.15) is 4.57 Å². The number of nitrogens with one attached hydrogen (secondary N) is 4. The summed E-state index contributed by atoms with van der Waals surface area (Å²) in [5.74, 6) is -0.175. The van der Waals surface area contributed by atoms with Gasteiger partial charge in [0.2, 0.25) is 6.54 Å². The SMILES string of the molecule is C/C=C(\C=C/[NH2+]CC(=O)NCCSSCCNC(=O)C[n+]1ccc(C2=NC(=O)c3c(-c4ccc(Cl)cc4)[nH]c(O)c32)cc1)C1=NC(=O)c2c(-c3ccc(Cl)cc3)[nH]c(O)c21. The van der Waals surface area contributed by atoms with Crippen molar-refractivity contribution in [1.29, 1.82) is 0 Å². The number of pyridine rings is 1. The third kappa shape index (κ3) is 9.43. The fourth-order valence-corrected chi connectivity index (χ4v) is 8.69. The maximum Gasteiger partial charge on any atom is 0.286 e. The topological polar surface area (TPSA) is 210 Å². The molecule has 7 rings (SSSR count). The Morgan fingerprint density at radius 2 is 1.28 bits per heavy atom. The van der Waals surface area contributed by atoms with Gasteiger partial charge in [-0.15, -0.1) is 0 Å². The molecule has 0 fully saturated rings. The normalized spacial score (nSPS) is 13.4. The van der Waals surface area contributed by atoms with Crippen LogP contribution in [-0.4, -0.2) is 86.4 Å². The molecule has 18 heteroatoms. The van der Waals surface area contributed by atoms with Gasteiger partial charge in [-0.1, -0.05) is 75.1 Å². The van der Waals surface area contributed by atoms with Crippen LogP contribution in [-0.2, 0) is 16.1 Å². The lowest BCUT2D eigenvalue weighted by Crippen LogP contribution is -2.81. The van der Waals surface area contributed by atoms with Crippen molar-refractivity contribution in [2.45, 2.75) is 13.5 Å². The summed E-state index contributed by atoms with van der Waals surface area (Å²) in [6.07, 6.45) is 8.67. The first-order valence-electron chi connectivity index (χ1n) is 18.6. The van der Waals surface area contributed by atoms with Crippen molar-refractivity contribution in [3.63, 3.8) is 0 Å². The third-order valence-corrected chi connectivity index (χ3v) is 12.4. The average Bonchev–Trinajstić information content (AvgIpc) is 3.98. The van der Waals surface area contributed by atoms with Gasteiger partial charge in [-0.05, 0) is 42.3 Å². The number of carbonyl (C=O) groups is 4. The Bertz CT molecular complexity index is 2600. The minimum atomic E-state index is -0.459. The second-order valence-electron chi connectivity index (χ2n) is 13.4. The van der Waals surface area contributed by atoms with Crippen LogP contribution in [0.3, 0.4) is 0 Å². The van der Waals surface area contributed by atoms with Crippen molar-refractivity contribution in [1.82, 2.24) is 20.6 Å². The highest BCUT2D eigenvalue weighted by molar-refractivity contribution is 8.76. The number of quaternary nitrogens is 1. The highest BCUT2D eigenvalue weighted by Gasteiger charge is 2.35. The number of nitrogens with two attached hydrogens (primary N) is 1. The molecule has 0 aliphatic carbocycles. The molecule has 14 nitrogen and oxygen atoms in total. The number of allylic oxidation sites excluding steroid dienone is 3. The molecule has 60 heavy (non-hydrogen) atoms. The Labute approximate surface area is 361 Å². The molecule has 306 valence electrons. The van der Waals surface area contributed by atoms with Crippen molar-refractivity contribution in [2.75, 3.05) is 31.1 Å². The summed E-state index contributed by atoms with van der Waals surface area (Å²) < 4.78 is 1.71. The van der Waals surface area contributed by atoms with Gasteiger partial charge < -0.3 is 36.1 Å². The molecule has 2 aromatic carbocycles. The number of amides is 4. The van der Waals surface area contributed by atoms with Gasteiger partial charge in [-0.3, -0.25) is 19.2 Å². The first kappa shape index (κ1) is 42.2. The van der Waals surface area contributed by atoms with Crippen LogP contribution >= 0.6 is 44.8 Å². The summed E-state index contributed by atoms with van der Waals surface area (Å²) in [5.41, 5.74) is 5.50. The van der Waals surface area contributed by atoms with Gasteiger partial charge in [0.25, 0.3) is 23.6 Å². The number of fused-ring (bicyclic) bond motifs is 2. The highest BCUT2D eigenvalue weighted by atomic mass is 35.5. The van der Waals surface area contributed by atoms with Crippen molar-refractivity contribution >= 4 is 79.8 Å². The number of carbonyl (C=O) groups excluding carboxylic acids is 4. The molecule has 0 radical (unpaired) electrons. The molecule has 0 unspecified atom stereocenters. The quantitative estimate of drug-likeness (QED) is 0.0293. The maximum atomic E-state index is 12.9. The predicted molar refractivity (Wildman–Crippen MR) is 234 cm³/mol. The van der Waals surface area contributed by atoms with Crippen LogP contribution in [0.5, 0.6) is 11.8 Å². The second kappa shape index (κ2) is 19.0. The number of nitrogens with zero attached hydrogens (tertiary/aromatic N) is 3. The van der Waals surface area contributed by atoms with Crippen LogP contribution in [0.1, 0.15) is 44.3 Å². The smallest absolute Gasteiger partial charge is 0.286 e. The number of benzene rings is 2. The first-order chi connectivity index (χ1) is 29.0. The summed E-state index contributed by atoms with van der Waals surface area (Å²) in [5, 5.41) is 30.0. The number of aliphatic imine (C=N–C) groups is 2. The molecule has 0 saturated heterocycles. The summed E-state index contributed by atoms with van der Waals surface area (Å²) in [6.45, 7) is 3.00. The van der Waals surface area contributed by atoms with E-state index in [4.69, 9.17) is 23.2 Å². The summed E-state index contributed by atoms with van der Waals surface area (Å²) >= 11 is 12.0. The minimum absolute atomic E-state index is 0.0942. The van der Waals surface area contributed by atoms with Gasteiger partial charge >= 0.3 is 0 Å². The monoisotopic (exact) mass is 884 g/mol. The number of H-pyrrole nitrogens is 2. The van der Waals surface area contributed by atoms with Gasteiger partial charge in [-0.25, -0.2) is 9.98 Å². The summed E-state index contributed by atoms with van der Waals surface area (Å²) in [7, 11) is 3.18. The van der Waals surface area contributed by atoms with Gasteiger partial charge in [0.05, 0.1) is 51.3 Å². The van der Waals surface area contributed by atoms with E-state index < -0.39 is 11.8 Å². The standard InChI is InChI=1S/C42H36Cl2N8O6S2/c1-2-23(35-31-32(40(56)48-35)36(49-39(31)55)24-3-7-27(43)8-4-24)11-14-45-21-29(53)46-15-19-59-60-20-16-47-30(54)22-52-17-12-26(13-18-52)38-34-33(41(57)51-38)37(50-42(34)58)25-5-9-28(44)10-6-25/h2-14,17-18,45H,15-16,19-22H2,1H3,(H5,46,47,48,49,50,51,53,54,55,56,57,58)/p+2/b14-11-,23-2+. The zero-order chi connectivity index (χ0) is 42.3. The number of halogens is 2. The lowest BCUT2D eigenvalue weighted by molar-refractivity contribution is -0.684. The number of rotatable bonds is 17. The summed E-state index contributed by atoms with van der Waals surface area (Å²) in [4.78, 5) is 65.0. The highest BCUT2D eigenvalue weighted by Crippen LogP contribution is 2.39.